The van der Waals surface area contributed by atoms with Gasteiger partial charge in [-0.2, -0.15) is 0 Å². The fourth-order valence-electron chi connectivity index (χ4n) is 3.24. The molecule has 0 bridgehead atoms. The smallest absolute Gasteiger partial charge is 0.296 e. The van der Waals surface area contributed by atoms with Gasteiger partial charge in [-0.05, 0) is 38.8 Å². The molecule has 2 aromatic rings. The van der Waals surface area contributed by atoms with Crippen molar-refractivity contribution in [1.82, 2.24) is 24.7 Å². The number of aromatic nitrogens is 2. The summed E-state index contributed by atoms with van der Waals surface area (Å²) in [5.41, 5.74) is -0.222. The van der Waals surface area contributed by atoms with Crippen LogP contribution in [0.5, 0.6) is 5.75 Å². The average Bonchev–Trinajstić information content (AvgIpc) is 2.65. The Balaban J connectivity index is 1.90. The summed E-state index contributed by atoms with van der Waals surface area (Å²) < 4.78 is 14.4. The van der Waals surface area contributed by atoms with E-state index in [-0.39, 0.29) is 24.1 Å². The van der Waals surface area contributed by atoms with Crippen molar-refractivity contribution >= 4 is 5.91 Å². The van der Waals surface area contributed by atoms with Gasteiger partial charge >= 0.3 is 0 Å². The lowest BCUT2D eigenvalue weighted by molar-refractivity contribution is 0.0937. The van der Waals surface area contributed by atoms with Crippen molar-refractivity contribution in [2.75, 3.05) is 34.2 Å². The van der Waals surface area contributed by atoms with Crippen LogP contribution in [0.2, 0.25) is 0 Å². The molecular formula is C19H24FN5O3. The molecule has 1 atom stereocenters. The molecule has 0 saturated heterocycles. The van der Waals surface area contributed by atoms with Crippen molar-refractivity contribution in [2.45, 2.75) is 19.1 Å². The van der Waals surface area contributed by atoms with Gasteiger partial charge in [-0.15, -0.1) is 0 Å². The second kappa shape index (κ2) is 8.07. The number of fused-ring (bicyclic) bond motifs is 1. The number of aromatic hydroxyl groups is 1. The maximum atomic E-state index is 13.0. The third-order valence-corrected chi connectivity index (χ3v) is 4.80. The molecule has 1 aromatic heterocycles. The molecule has 1 aliphatic heterocycles. The molecular weight excluding hydrogens is 365 g/mol. The molecule has 2 heterocycles. The van der Waals surface area contributed by atoms with Crippen LogP contribution >= 0.6 is 0 Å². The average molecular weight is 389 g/mol. The summed E-state index contributed by atoms with van der Waals surface area (Å²) in [5.74, 6) is -1.22. The molecule has 28 heavy (non-hydrogen) atoms. The van der Waals surface area contributed by atoms with Gasteiger partial charge in [0.15, 0.2) is 5.69 Å². The molecule has 0 fully saturated rings. The van der Waals surface area contributed by atoms with E-state index in [9.17, 15) is 19.1 Å². The van der Waals surface area contributed by atoms with E-state index in [1.165, 1.54) is 16.7 Å². The molecule has 150 valence electrons. The summed E-state index contributed by atoms with van der Waals surface area (Å²) in [5, 5.41) is 12.9. The summed E-state index contributed by atoms with van der Waals surface area (Å²) in [4.78, 5) is 33.6. The van der Waals surface area contributed by atoms with Crippen LogP contribution in [0.4, 0.5) is 4.39 Å². The lowest BCUT2D eigenvalue weighted by Gasteiger charge is -2.35. The Labute approximate surface area is 162 Å². The van der Waals surface area contributed by atoms with Crippen molar-refractivity contribution in [1.29, 1.82) is 0 Å². The number of likely N-dealkylation sites (N-methyl/N-ethyl adjacent to an activating group) is 2. The van der Waals surface area contributed by atoms with Crippen LogP contribution in [-0.2, 0) is 13.1 Å². The molecule has 8 nitrogen and oxygen atoms in total. The molecule has 0 aliphatic carbocycles. The third kappa shape index (κ3) is 4.05. The van der Waals surface area contributed by atoms with E-state index in [2.05, 4.69) is 15.2 Å². The number of halogens is 1. The van der Waals surface area contributed by atoms with Crippen molar-refractivity contribution in [2.24, 2.45) is 0 Å². The Morgan fingerprint density at radius 1 is 1.32 bits per heavy atom. The van der Waals surface area contributed by atoms with E-state index in [4.69, 9.17) is 0 Å². The van der Waals surface area contributed by atoms with Gasteiger partial charge in [0.2, 0.25) is 5.75 Å². The number of benzene rings is 1. The van der Waals surface area contributed by atoms with Crippen LogP contribution in [0.25, 0.3) is 0 Å². The first-order chi connectivity index (χ1) is 13.3. The van der Waals surface area contributed by atoms with Crippen molar-refractivity contribution < 1.29 is 14.3 Å². The first-order valence-corrected chi connectivity index (χ1v) is 8.99. The molecule has 1 amide bonds. The second-order valence-corrected chi connectivity index (χ2v) is 7.19. The second-order valence-electron chi connectivity index (χ2n) is 7.19. The van der Waals surface area contributed by atoms with Crippen LogP contribution < -0.4 is 10.9 Å². The number of carbonyl (C=O) groups is 1. The fourth-order valence-corrected chi connectivity index (χ4v) is 3.24. The molecule has 0 spiro atoms. The topological polar surface area (TPSA) is 90.7 Å². The minimum Gasteiger partial charge on any atom is -0.501 e. The monoisotopic (exact) mass is 389 g/mol. The number of hydrogen-bond acceptors (Lipinski definition) is 6. The van der Waals surface area contributed by atoms with Gasteiger partial charge in [0.05, 0.1) is 6.04 Å². The van der Waals surface area contributed by atoms with E-state index in [1.54, 1.807) is 12.1 Å². The van der Waals surface area contributed by atoms with Crippen LogP contribution in [-0.4, -0.2) is 64.6 Å². The lowest BCUT2D eigenvalue weighted by atomic mass is 10.1. The van der Waals surface area contributed by atoms with E-state index in [0.29, 0.717) is 31.0 Å². The largest absolute Gasteiger partial charge is 0.501 e. The van der Waals surface area contributed by atoms with Crippen LogP contribution in [0, 0.1) is 5.82 Å². The van der Waals surface area contributed by atoms with Crippen LogP contribution in [0.3, 0.4) is 0 Å². The Hall–Kier alpha value is -2.78. The van der Waals surface area contributed by atoms with Gasteiger partial charge in [0.1, 0.15) is 11.6 Å². The zero-order chi connectivity index (χ0) is 20.4. The standard InChI is InChI=1S/C19H24FN5O3/c1-23(2)11-14-17-22-15(16(26)19(28)25(17)9-8-24(14)3)18(27)21-10-12-4-6-13(20)7-5-12/h4-7,14,26H,8-11H2,1-3H3,(H,21,27). The third-order valence-electron chi connectivity index (χ3n) is 4.80. The number of nitrogens with zero attached hydrogens (tertiary/aromatic N) is 4. The van der Waals surface area contributed by atoms with Crippen molar-refractivity contribution in [3.05, 3.63) is 57.5 Å². The highest BCUT2D eigenvalue weighted by molar-refractivity contribution is 5.94. The number of nitrogens with one attached hydrogen (secondary N) is 1. The Kier molecular flexibility index (Phi) is 5.76. The highest BCUT2D eigenvalue weighted by atomic mass is 19.1. The SMILES string of the molecule is CN(C)CC1c2nc(C(=O)NCc3ccc(F)cc3)c(O)c(=O)n2CCN1C. The highest BCUT2D eigenvalue weighted by Crippen LogP contribution is 2.24. The van der Waals surface area contributed by atoms with Gasteiger partial charge < -0.3 is 15.3 Å². The van der Waals surface area contributed by atoms with Gasteiger partial charge in [-0.1, -0.05) is 12.1 Å². The summed E-state index contributed by atoms with van der Waals surface area (Å²) in [7, 11) is 5.77. The maximum absolute atomic E-state index is 13.0. The molecule has 2 N–H and O–H groups in total. The summed E-state index contributed by atoms with van der Waals surface area (Å²) in [6.07, 6.45) is 0. The number of carbonyl (C=O) groups excluding carboxylic acids is 1. The zero-order valence-corrected chi connectivity index (χ0v) is 16.1. The number of amides is 1. The van der Waals surface area contributed by atoms with Gasteiger partial charge in [-0.25, -0.2) is 9.37 Å². The summed E-state index contributed by atoms with van der Waals surface area (Å²) >= 11 is 0. The van der Waals surface area contributed by atoms with Crippen molar-refractivity contribution in [3.8, 4) is 5.75 Å². The van der Waals surface area contributed by atoms with E-state index in [0.717, 1.165) is 0 Å². The van der Waals surface area contributed by atoms with Crippen LogP contribution in [0.15, 0.2) is 29.1 Å². The quantitative estimate of drug-likeness (QED) is 0.777. The molecule has 1 unspecified atom stereocenters. The van der Waals surface area contributed by atoms with Gasteiger partial charge in [0.25, 0.3) is 11.5 Å². The molecule has 0 saturated carbocycles. The first kappa shape index (κ1) is 20.0. The maximum Gasteiger partial charge on any atom is 0.296 e. The number of hydrogen-bond donors (Lipinski definition) is 2. The molecule has 1 aromatic carbocycles. The Morgan fingerprint density at radius 2 is 2.00 bits per heavy atom. The molecule has 0 radical (unpaired) electrons. The summed E-state index contributed by atoms with van der Waals surface area (Å²) in [6, 6.07) is 5.51. The lowest BCUT2D eigenvalue weighted by Crippen LogP contribution is -2.45. The van der Waals surface area contributed by atoms with E-state index in [1.807, 2.05) is 26.0 Å². The Bertz CT molecular complexity index is 926. The Morgan fingerprint density at radius 3 is 2.64 bits per heavy atom. The normalized spacial score (nSPS) is 16.8. The van der Waals surface area contributed by atoms with Gasteiger partial charge in [0, 0.05) is 26.2 Å². The number of rotatable bonds is 5. The highest BCUT2D eigenvalue weighted by Gasteiger charge is 2.31. The van der Waals surface area contributed by atoms with Crippen LogP contribution in [0.1, 0.15) is 27.9 Å². The molecule has 9 heteroatoms. The van der Waals surface area contributed by atoms with E-state index < -0.39 is 17.2 Å². The van der Waals surface area contributed by atoms with Gasteiger partial charge in [-0.3, -0.25) is 19.1 Å². The zero-order valence-electron chi connectivity index (χ0n) is 16.1. The van der Waals surface area contributed by atoms with E-state index >= 15 is 0 Å². The minimum absolute atomic E-state index is 0.125. The predicted octanol–water partition coefficient (Wildman–Crippen LogP) is 0.566. The minimum atomic E-state index is -0.659. The predicted molar refractivity (Wildman–Crippen MR) is 102 cm³/mol. The molecule has 1 aliphatic rings. The molecule has 3 rings (SSSR count). The first-order valence-electron chi connectivity index (χ1n) is 8.99. The van der Waals surface area contributed by atoms with Crippen molar-refractivity contribution in [3.63, 3.8) is 0 Å². The summed E-state index contributed by atoms with van der Waals surface area (Å²) in [6.45, 7) is 1.78. The fraction of sp³-hybridized carbons (Fsp3) is 0.421.